The molecule has 0 aliphatic carbocycles. The van der Waals surface area contributed by atoms with Crippen molar-refractivity contribution in [2.75, 3.05) is 26.7 Å². The van der Waals surface area contributed by atoms with Crippen molar-refractivity contribution in [3.8, 4) is 0 Å². The minimum absolute atomic E-state index is 0.351. The Morgan fingerprint density at radius 3 is 3.06 bits per heavy atom. The van der Waals surface area contributed by atoms with E-state index in [1.54, 1.807) is 0 Å². The summed E-state index contributed by atoms with van der Waals surface area (Å²) in [7, 11) is 2.23. The Morgan fingerprint density at radius 2 is 2.44 bits per heavy atom. The van der Waals surface area contributed by atoms with Gasteiger partial charge in [0.1, 0.15) is 0 Å². The highest BCUT2D eigenvalue weighted by Gasteiger charge is 2.28. The zero-order chi connectivity index (χ0) is 11.4. The van der Waals surface area contributed by atoms with Gasteiger partial charge in [0.25, 0.3) is 0 Å². The highest BCUT2D eigenvalue weighted by Crippen LogP contribution is 2.19. The van der Waals surface area contributed by atoms with E-state index >= 15 is 0 Å². The number of nitrogens with one attached hydrogen (secondary N) is 1. The molecule has 90 valence electrons. The molecule has 1 aliphatic rings. The van der Waals surface area contributed by atoms with Gasteiger partial charge in [0.2, 0.25) is 0 Å². The summed E-state index contributed by atoms with van der Waals surface area (Å²) < 4.78 is 0. The van der Waals surface area contributed by atoms with E-state index in [2.05, 4.69) is 41.7 Å². The van der Waals surface area contributed by atoms with Gasteiger partial charge in [-0.25, -0.2) is 0 Å². The topological polar surface area (TPSA) is 15.3 Å². The zero-order valence-electron chi connectivity index (χ0n) is 10.3. The third-order valence-corrected chi connectivity index (χ3v) is 4.33. The summed E-state index contributed by atoms with van der Waals surface area (Å²) in [5.41, 5.74) is 0.351. The van der Waals surface area contributed by atoms with Gasteiger partial charge in [-0.15, -0.1) is 11.3 Å². The van der Waals surface area contributed by atoms with Gasteiger partial charge in [-0.1, -0.05) is 6.07 Å². The van der Waals surface area contributed by atoms with Crippen LogP contribution in [0.15, 0.2) is 17.5 Å². The maximum atomic E-state index is 3.62. The van der Waals surface area contributed by atoms with Crippen molar-refractivity contribution in [3.63, 3.8) is 0 Å². The fourth-order valence-electron chi connectivity index (χ4n) is 2.52. The molecular formula is C13H22N2S. The monoisotopic (exact) mass is 238 g/mol. The smallest absolute Gasteiger partial charge is 0.0280 e. The molecule has 0 aromatic carbocycles. The summed E-state index contributed by atoms with van der Waals surface area (Å²) in [5.74, 6) is 0. The van der Waals surface area contributed by atoms with Crippen LogP contribution in [-0.2, 0) is 6.42 Å². The lowest BCUT2D eigenvalue weighted by molar-refractivity contribution is 0.242. The molecule has 1 unspecified atom stereocenters. The van der Waals surface area contributed by atoms with Gasteiger partial charge in [0.15, 0.2) is 0 Å². The van der Waals surface area contributed by atoms with E-state index in [1.807, 2.05) is 11.3 Å². The Morgan fingerprint density at radius 1 is 1.56 bits per heavy atom. The average molecular weight is 238 g/mol. The van der Waals surface area contributed by atoms with Crippen LogP contribution < -0.4 is 5.32 Å². The predicted molar refractivity (Wildman–Crippen MR) is 71.2 cm³/mol. The standard InChI is InChI=1S/C13H22N2S/c1-13(7-4-8-14-13)11-15(2)9-6-12-5-3-10-16-12/h3,5,10,14H,4,6-9,11H2,1-2H3. The van der Waals surface area contributed by atoms with Crippen molar-refractivity contribution in [1.82, 2.24) is 10.2 Å². The second kappa shape index (κ2) is 5.30. The van der Waals surface area contributed by atoms with Gasteiger partial charge in [0.05, 0.1) is 0 Å². The molecule has 0 saturated carbocycles. The Kier molecular flexibility index (Phi) is 4.00. The molecule has 0 bridgehead atoms. The van der Waals surface area contributed by atoms with Gasteiger partial charge in [-0.2, -0.15) is 0 Å². The van der Waals surface area contributed by atoms with E-state index in [0.29, 0.717) is 5.54 Å². The molecule has 2 rings (SSSR count). The molecule has 1 fully saturated rings. The van der Waals surface area contributed by atoms with Gasteiger partial charge in [0, 0.05) is 23.5 Å². The molecule has 1 aliphatic heterocycles. The van der Waals surface area contributed by atoms with Crippen LogP contribution in [0.3, 0.4) is 0 Å². The van der Waals surface area contributed by atoms with Gasteiger partial charge >= 0.3 is 0 Å². The molecule has 16 heavy (non-hydrogen) atoms. The number of rotatable bonds is 5. The van der Waals surface area contributed by atoms with Crippen LogP contribution in [0.4, 0.5) is 0 Å². The number of nitrogens with zero attached hydrogens (tertiary/aromatic N) is 1. The van der Waals surface area contributed by atoms with E-state index in [-0.39, 0.29) is 0 Å². The third-order valence-electron chi connectivity index (χ3n) is 3.40. The number of likely N-dealkylation sites (N-methyl/N-ethyl adjacent to an activating group) is 1. The van der Waals surface area contributed by atoms with E-state index in [0.717, 1.165) is 6.54 Å². The molecule has 1 saturated heterocycles. The fourth-order valence-corrected chi connectivity index (χ4v) is 3.22. The fraction of sp³-hybridized carbons (Fsp3) is 0.692. The van der Waals surface area contributed by atoms with Crippen LogP contribution in [0.1, 0.15) is 24.6 Å². The molecule has 1 N–H and O–H groups in total. The van der Waals surface area contributed by atoms with Gasteiger partial charge < -0.3 is 10.2 Å². The second-order valence-electron chi connectivity index (χ2n) is 5.16. The van der Waals surface area contributed by atoms with Gasteiger partial charge in [-0.05, 0) is 51.2 Å². The zero-order valence-corrected chi connectivity index (χ0v) is 11.1. The normalized spacial score (nSPS) is 25.4. The summed E-state index contributed by atoms with van der Waals surface area (Å²) in [4.78, 5) is 3.95. The molecule has 0 spiro atoms. The molecule has 2 nitrogen and oxygen atoms in total. The first-order chi connectivity index (χ1) is 7.68. The van der Waals surface area contributed by atoms with Crippen LogP contribution in [0.25, 0.3) is 0 Å². The van der Waals surface area contributed by atoms with Crippen molar-refractivity contribution in [2.45, 2.75) is 31.7 Å². The van der Waals surface area contributed by atoms with Crippen molar-refractivity contribution in [3.05, 3.63) is 22.4 Å². The van der Waals surface area contributed by atoms with Crippen LogP contribution in [-0.4, -0.2) is 37.1 Å². The first kappa shape index (κ1) is 12.1. The van der Waals surface area contributed by atoms with Crippen LogP contribution in [0, 0.1) is 0 Å². The molecular weight excluding hydrogens is 216 g/mol. The van der Waals surface area contributed by atoms with Crippen molar-refractivity contribution in [1.29, 1.82) is 0 Å². The summed E-state index contributed by atoms with van der Waals surface area (Å²) in [5, 5.41) is 5.78. The van der Waals surface area contributed by atoms with E-state index < -0.39 is 0 Å². The molecule has 1 aromatic heterocycles. The molecule has 2 heterocycles. The third kappa shape index (κ3) is 3.30. The maximum Gasteiger partial charge on any atom is 0.0280 e. The van der Waals surface area contributed by atoms with E-state index in [1.165, 1.54) is 37.2 Å². The van der Waals surface area contributed by atoms with Crippen LogP contribution in [0.2, 0.25) is 0 Å². The maximum absolute atomic E-state index is 3.62. The lowest BCUT2D eigenvalue weighted by Gasteiger charge is -2.30. The highest BCUT2D eigenvalue weighted by molar-refractivity contribution is 7.09. The van der Waals surface area contributed by atoms with Crippen molar-refractivity contribution in [2.24, 2.45) is 0 Å². The molecule has 0 amide bonds. The minimum Gasteiger partial charge on any atom is -0.310 e. The Bertz CT molecular complexity index is 302. The summed E-state index contributed by atoms with van der Waals surface area (Å²) in [6, 6.07) is 4.37. The second-order valence-corrected chi connectivity index (χ2v) is 6.19. The number of hydrogen-bond donors (Lipinski definition) is 1. The molecule has 0 radical (unpaired) electrons. The van der Waals surface area contributed by atoms with Crippen LogP contribution in [0.5, 0.6) is 0 Å². The van der Waals surface area contributed by atoms with E-state index in [9.17, 15) is 0 Å². The molecule has 3 heteroatoms. The Labute approximate surface area is 103 Å². The van der Waals surface area contributed by atoms with E-state index in [4.69, 9.17) is 0 Å². The van der Waals surface area contributed by atoms with Crippen molar-refractivity contribution < 1.29 is 0 Å². The number of hydrogen-bond acceptors (Lipinski definition) is 3. The first-order valence-electron chi connectivity index (χ1n) is 6.14. The highest BCUT2D eigenvalue weighted by atomic mass is 32.1. The lowest BCUT2D eigenvalue weighted by atomic mass is 10.00. The Balaban J connectivity index is 1.73. The minimum atomic E-state index is 0.351. The first-order valence-corrected chi connectivity index (χ1v) is 7.02. The van der Waals surface area contributed by atoms with Crippen molar-refractivity contribution >= 4 is 11.3 Å². The average Bonchev–Trinajstić information content (AvgIpc) is 2.86. The lowest BCUT2D eigenvalue weighted by Crippen LogP contribution is -2.46. The van der Waals surface area contributed by atoms with Crippen LogP contribution >= 0.6 is 11.3 Å². The predicted octanol–water partition coefficient (Wildman–Crippen LogP) is 2.36. The largest absolute Gasteiger partial charge is 0.310 e. The summed E-state index contributed by atoms with van der Waals surface area (Å²) in [6.07, 6.45) is 3.83. The molecule has 1 aromatic rings. The van der Waals surface area contributed by atoms with Gasteiger partial charge in [-0.3, -0.25) is 0 Å². The SMILES string of the molecule is CN(CCc1cccs1)CC1(C)CCCN1. The summed E-state index contributed by atoms with van der Waals surface area (Å²) in [6.45, 7) is 5.87. The summed E-state index contributed by atoms with van der Waals surface area (Å²) >= 11 is 1.86. The molecule has 1 atom stereocenters. The Hall–Kier alpha value is -0.380. The number of thiophene rings is 1. The quantitative estimate of drug-likeness (QED) is 0.847.